The zero-order valence-electron chi connectivity index (χ0n) is 16.3. The Bertz CT molecular complexity index is 1110. The van der Waals surface area contributed by atoms with Crippen molar-refractivity contribution in [3.05, 3.63) is 95.0 Å². The molecule has 0 saturated heterocycles. The Morgan fingerprint density at radius 1 is 1.00 bits per heavy atom. The first-order valence-electron chi connectivity index (χ1n) is 9.36. The molecule has 3 aromatic rings. The number of nitriles is 1. The lowest BCUT2D eigenvalue weighted by Gasteiger charge is -2.26. The summed E-state index contributed by atoms with van der Waals surface area (Å²) in [5.74, 6) is 0.554. The van der Waals surface area contributed by atoms with Crippen LogP contribution < -0.4 is 9.46 Å². The van der Waals surface area contributed by atoms with Gasteiger partial charge in [-0.3, -0.25) is 0 Å². The van der Waals surface area contributed by atoms with Crippen LogP contribution in [0.25, 0.3) is 0 Å². The van der Waals surface area contributed by atoms with E-state index >= 15 is 0 Å². The molecule has 0 spiro atoms. The van der Waals surface area contributed by atoms with Crippen LogP contribution in [0.3, 0.4) is 0 Å². The summed E-state index contributed by atoms with van der Waals surface area (Å²) in [7, 11) is -3.70. The van der Waals surface area contributed by atoms with Crippen molar-refractivity contribution in [3.63, 3.8) is 0 Å². The van der Waals surface area contributed by atoms with Crippen LogP contribution in [0.1, 0.15) is 18.1 Å². The molecule has 3 rings (SSSR count). The van der Waals surface area contributed by atoms with E-state index in [1.54, 1.807) is 73.7 Å². The number of halogens is 1. The molecule has 0 amide bonds. The van der Waals surface area contributed by atoms with Crippen LogP contribution in [0.4, 0.5) is 0 Å². The first-order chi connectivity index (χ1) is 14.4. The number of sulfonamides is 1. The summed E-state index contributed by atoms with van der Waals surface area (Å²) in [5, 5.41) is 9.60. The summed E-state index contributed by atoms with van der Waals surface area (Å²) in [6.45, 7) is 1.77. The van der Waals surface area contributed by atoms with Crippen LogP contribution in [0.15, 0.2) is 83.8 Å². The van der Waals surface area contributed by atoms with Crippen LogP contribution in [-0.4, -0.2) is 20.6 Å². The van der Waals surface area contributed by atoms with E-state index < -0.39 is 22.2 Å². The van der Waals surface area contributed by atoms with Gasteiger partial charge in [-0.15, -0.1) is 0 Å². The maximum atomic E-state index is 12.8. The van der Waals surface area contributed by atoms with Crippen molar-refractivity contribution < 1.29 is 13.2 Å². The second-order valence-electron chi connectivity index (χ2n) is 6.85. The van der Waals surface area contributed by atoms with Gasteiger partial charge in [0.25, 0.3) is 0 Å². The summed E-state index contributed by atoms with van der Waals surface area (Å²) >= 11 is 5.97. The maximum Gasteiger partial charge on any atom is 0.240 e. The average Bonchev–Trinajstić information content (AvgIpc) is 2.75. The molecule has 154 valence electrons. The van der Waals surface area contributed by atoms with Gasteiger partial charge in [-0.2, -0.15) is 5.26 Å². The maximum absolute atomic E-state index is 12.8. The topological polar surface area (TPSA) is 79.2 Å². The molecule has 1 N–H and O–H groups in total. The van der Waals surface area contributed by atoms with E-state index in [2.05, 4.69) is 10.8 Å². The van der Waals surface area contributed by atoms with Crippen molar-refractivity contribution in [2.45, 2.75) is 30.4 Å². The van der Waals surface area contributed by atoms with Crippen molar-refractivity contribution in [1.29, 1.82) is 5.26 Å². The number of nitrogens with zero attached hydrogens (tertiary/aromatic N) is 1. The molecule has 7 heteroatoms. The fourth-order valence-electron chi connectivity index (χ4n) is 2.94. The molecule has 0 aliphatic heterocycles. The van der Waals surface area contributed by atoms with E-state index in [1.807, 2.05) is 12.1 Å². The Hall–Kier alpha value is -2.85. The van der Waals surface area contributed by atoms with Crippen LogP contribution >= 0.6 is 11.6 Å². The second-order valence-corrected chi connectivity index (χ2v) is 9.00. The second kappa shape index (κ2) is 9.77. The minimum Gasteiger partial charge on any atom is -0.488 e. The van der Waals surface area contributed by atoms with Crippen molar-refractivity contribution in [3.8, 4) is 11.8 Å². The van der Waals surface area contributed by atoms with Crippen LogP contribution in [0.5, 0.6) is 5.75 Å². The smallest absolute Gasteiger partial charge is 0.240 e. The van der Waals surface area contributed by atoms with Gasteiger partial charge in [-0.05, 0) is 61.0 Å². The SMILES string of the molecule is CC(NS(=O)(=O)c1ccccc1)C(Cc1ccc(Cl)cc1)Oc1ccc(C#N)cc1. The minimum absolute atomic E-state index is 0.195. The van der Waals surface area contributed by atoms with Crippen LogP contribution in [0, 0.1) is 11.3 Å². The first kappa shape index (κ1) is 21.8. The number of ether oxygens (including phenoxy) is 1. The molecule has 0 fully saturated rings. The summed E-state index contributed by atoms with van der Waals surface area (Å²) in [6, 6.07) is 23.8. The number of hydrogen-bond acceptors (Lipinski definition) is 4. The quantitative estimate of drug-likeness (QED) is 0.556. The third kappa shape index (κ3) is 5.83. The molecule has 0 aliphatic carbocycles. The van der Waals surface area contributed by atoms with Crippen molar-refractivity contribution in [1.82, 2.24) is 4.72 Å². The number of benzene rings is 3. The van der Waals surface area contributed by atoms with Gasteiger partial charge in [0.1, 0.15) is 11.9 Å². The monoisotopic (exact) mass is 440 g/mol. The largest absolute Gasteiger partial charge is 0.488 e. The molecule has 5 nitrogen and oxygen atoms in total. The summed E-state index contributed by atoms with van der Waals surface area (Å²) in [6.07, 6.45) is -0.0204. The minimum atomic E-state index is -3.70. The molecule has 0 aliphatic rings. The lowest BCUT2D eigenvalue weighted by Crippen LogP contribution is -2.45. The molecule has 0 aromatic heterocycles. The molecule has 2 unspecified atom stereocenters. The number of rotatable bonds is 8. The highest BCUT2D eigenvalue weighted by molar-refractivity contribution is 7.89. The van der Waals surface area contributed by atoms with E-state index in [9.17, 15) is 8.42 Å². The van der Waals surface area contributed by atoms with Crippen molar-refractivity contribution >= 4 is 21.6 Å². The zero-order valence-corrected chi connectivity index (χ0v) is 17.9. The average molecular weight is 441 g/mol. The molecular weight excluding hydrogens is 420 g/mol. The van der Waals surface area contributed by atoms with Gasteiger partial charge >= 0.3 is 0 Å². The fourth-order valence-corrected chi connectivity index (χ4v) is 4.36. The number of hydrogen-bond donors (Lipinski definition) is 1. The van der Waals surface area contributed by atoms with E-state index in [4.69, 9.17) is 21.6 Å². The standard InChI is InChI=1S/C23H21ClN2O3S/c1-17(26-30(27,28)22-5-3-2-4-6-22)23(15-18-7-11-20(24)12-8-18)29-21-13-9-19(16-25)10-14-21/h2-14,17,23,26H,15H2,1H3. The van der Waals surface area contributed by atoms with Gasteiger partial charge in [-0.25, -0.2) is 13.1 Å². The lowest BCUT2D eigenvalue weighted by molar-refractivity contribution is 0.170. The molecule has 30 heavy (non-hydrogen) atoms. The zero-order chi connectivity index (χ0) is 21.6. The van der Waals surface area contributed by atoms with Crippen LogP contribution in [-0.2, 0) is 16.4 Å². The summed E-state index contributed by atoms with van der Waals surface area (Å²) in [5.41, 5.74) is 1.48. The molecular formula is C23H21ClN2O3S. The van der Waals surface area contributed by atoms with E-state index in [0.29, 0.717) is 22.8 Å². The molecule has 0 bridgehead atoms. The van der Waals surface area contributed by atoms with Crippen molar-refractivity contribution in [2.75, 3.05) is 0 Å². The Labute approximate surface area is 181 Å². The predicted octanol–water partition coefficient (Wildman–Crippen LogP) is 4.57. The molecule has 2 atom stereocenters. The number of nitrogens with one attached hydrogen (secondary N) is 1. The summed E-state index contributed by atoms with van der Waals surface area (Å²) < 4.78 is 34.4. The Morgan fingerprint density at radius 2 is 1.63 bits per heavy atom. The van der Waals surface area contributed by atoms with Gasteiger partial charge < -0.3 is 4.74 Å². The first-order valence-corrected chi connectivity index (χ1v) is 11.2. The van der Waals surface area contributed by atoms with E-state index in [1.165, 1.54) is 0 Å². The van der Waals surface area contributed by atoms with E-state index in [0.717, 1.165) is 5.56 Å². The Balaban J connectivity index is 1.83. The lowest BCUT2D eigenvalue weighted by atomic mass is 10.0. The van der Waals surface area contributed by atoms with Gasteiger partial charge in [0.2, 0.25) is 10.0 Å². The van der Waals surface area contributed by atoms with Gasteiger partial charge in [0.15, 0.2) is 0 Å². The predicted molar refractivity (Wildman–Crippen MR) is 117 cm³/mol. The fraction of sp³-hybridized carbons (Fsp3) is 0.174. The molecule has 0 radical (unpaired) electrons. The molecule has 3 aromatic carbocycles. The van der Waals surface area contributed by atoms with E-state index in [-0.39, 0.29) is 4.90 Å². The Morgan fingerprint density at radius 3 is 2.23 bits per heavy atom. The highest BCUT2D eigenvalue weighted by Crippen LogP contribution is 2.20. The normalized spacial score (nSPS) is 13.2. The third-order valence-electron chi connectivity index (χ3n) is 4.57. The van der Waals surface area contributed by atoms with Crippen LogP contribution in [0.2, 0.25) is 5.02 Å². The highest BCUT2D eigenvalue weighted by Gasteiger charge is 2.25. The third-order valence-corrected chi connectivity index (χ3v) is 6.40. The van der Waals surface area contributed by atoms with Crippen molar-refractivity contribution in [2.24, 2.45) is 0 Å². The van der Waals surface area contributed by atoms with Gasteiger partial charge in [0.05, 0.1) is 22.6 Å². The molecule has 0 saturated carbocycles. The van der Waals surface area contributed by atoms with Gasteiger partial charge in [-0.1, -0.05) is 41.9 Å². The Kier molecular flexibility index (Phi) is 7.11. The summed E-state index contributed by atoms with van der Waals surface area (Å²) in [4.78, 5) is 0.195. The van der Waals surface area contributed by atoms with Gasteiger partial charge in [0, 0.05) is 11.4 Å². The highest BCUT2D eigenvalue weighted by atomic mass is 35.5. The molecule has 0 heterocycles.